The molecule has 8 aromatic carbocycles. The molecule has 9 N–H and O–H groups in total. The number of furan rings is 1. The van der Waals surface area contributed by atoms with Gasteiger partial charge in [0, 0.05) is 57.0 Å². The van der Waals surface area contributed by atoms with Crippen LogP contribution >= 0.6 is 11.6 Å². The van der Waals surface area contributed by atoms with Gasteiger partial charge in [-0.05, 0) is 150 Å². The van der Waals surface area contributed by atoms with E-state index in [1.807, 2.05) is 172 Å². The van der Waals surface area contributed by atoms with E-state index >= 15 is 0 Å². The summed E-state index contributed by atoms with van der Waals surface area (Å²) in [6, 6.07) is 59.3. The third-order valence-corrected chi connectivity index (χ3v) is 14.4. The Bertz CT molecular complexity index is 4520. The van der Waals surface area contributed by atoms with Crippen LogP contribution in [0.5, 0.6) is 11.5 Å². The zero-order valence-corrected chi connectivity index (χ0v) is 50.3. The van der Waals surface area contributed by atoms with E-state index in [9.17, 15) is 24.3 Å². The van der Waals surface area contributed by atoms with Crippen molar-refractivity contribution in [2.24, 2.45) is 0 Å². The van der Waals surface area contributed by atoms with E-state index in [1.165, 1.54) is 0 Å². The minimum Gasteiger partial charge on any atom is -0.508 e. The van der Waals surface area contributed by atoms with Crippen molar-refractivity contribution < 1.29 is 33.4 Å². The third-order valence-electron chi connectivity index (χ3n) is 14.2. The minimum atomic E-state index is -0.191. The van der Waals surface area contributed by atoms with Crippen molar-refractivity contribution in [3.8, 4) is 44.9 Å². The van der Waals surface area contributed by atoms with E-state index < -0.39 is 0 Å². The summed E-state index contributed by atoms with van der Waals surface area (Å²) in [6.45, 7) is 6.46. The number of benzene rings is 8. The summed E-state index contributed by atoms with van der Waals surface area (Å²) in [5, 5.41) is 53.2. The fourth-order valence-corrected chi connectivity index (χ4v) is 9.74. The highest BCUT2D eigenvalue weighted by molar-refractivity contribution is 6.31. The molecule has 0 aliphatic rings. The number of phenols is 1. The van der Waals surface area contributed by atoms with Crippen LogP contribution in [0.3, 0.4) is 0 Å². The molecular weight excluding hydrogens is 1160 g/mol. The third kappa shape index (κ3) is 16.0. The SMILES string of the molecule is CCCC(=O)Nc1n[nH]c2cc(-c3ccc(O)cc3)ccc12.CCCC(=O)Nc1n[nH]c2cc(-c3ccc(OCc4ccccc4)cc3)ccc12.CCCC(=O)Nc1n[nH]c2cc(-c3ccoc3)ccc12.O=C(Nc1n[nH]c2cc(Cl)ccc12)c1ccccc1. The van der Waals surface area contributed by atoms with Gasteiger partial charge in [-0.2, -0.15) is 20.4 Å². The molecule has 454 valence electrons. The number of anilines is 4. The first-order valence-electron chi connectivity index (χ1n) is 29.3. The van der Waals surface area contributed by atoms with Gasteiger partial charge in [-0.3, -0.25) is 39.6 Å². The Hall–Kier alpha value is -11.3. The largest absolute Gasteiger partial charge is 0.508 e. The molecule has 0 saturated heterocycles. The molecule has 19 nitrogen and oxygen atoms in total. The Balaban J connectivity index is 0.000000134. The summed E-state index contributed by atoms with van der Waals surface area (Å²) in [5.74, 6) is 3.05. The maximum Gasteiger partial charge on any atom is 0.256 e. The summed E-state index contributed by atoms with van der Waals surface area (Å²) in [4.78, 5) is 47.2. The summed E-state index contributed by atoms with van der Waals surface area (Å²) in [5.41, 5.74) is 11.4. The Labute approximate surface area is 522 Å². The van der Waals surface area contributed by atoms with Gasteiger partial charge in [-0.15, -0.1) is 0 Å². The van der Waals surface area contributed by atoms with Gasteiger partial charge in [0.15, 0.2) is 23.3 Å². The monoisotopic (exact) mass is 1220 g/mol. The molecule has 13 aromatic rings. The molecule has 20 heteroatoms. The van der Waals surface area contributed by atoms with Crippen LogP contribution < -0.4 is 26.0 Å². The fourth-order valence-electron chi connectivity index (χ4n) is 9.57. The lowest BCUT2D eigenvalue weighted by Crippen LogP contribution is -2.12. The second kappa shape index (κ2) is 29.9. The number of aromatic amines is 4. The highest BCUT2D eigenvalue weighted by Gasteiger charge is 2.15. The van der Waals surface area contributed by atoms with Crippen molar-refractivity contribution in [2.75, 3.05) is 21.3 Å². The molecule has 0 fully saturated rings. The summed E-state index contributed by atoms with van der Waals surface area (Å²) in [6.07, 6.45) is 7.25. The normalized spacial score (nSPS) is 10.8. The summed E-state index contributed by atoms with van der Waals surface area (Å²) in [7, 11) is 0. The number of fused-ring (bicyclic) bond motifs is 4. The minimum absolute atomic E-state index is 0.0141. The van der Waals surface area contributed by atoms with E-state index in [0.29, 0.717) is 59.7 Å². The van der Waals surface area contributed by atoms with E-state index in [1.54, 1.807) is 48.9 Å². The average molecular weight is 1220 g/mol. The van der Waals surface area contributed by atoms with E-state index in [-0.39, 0.29) is 29.4 Å². The number of aromatic nitrogens is 8. The number of phenolic OH excluding ortho intramolecular Hbond substituents is 1. The molecular formula is C70H65ClN12O7. The second-order valence-corrected chi connectivity index (χ2v) is 21.3. The number of hydrogen-bond acceptors (Lipinski definition) is 11. The quantitative estimate of drug-likeness (QED) is 0.0413. The summed E-state index contributed by atoms with van der Waals surface area (Å²) >= 11 is 5.89. The Morgan fingerprint density at radius 3 is 1.30 bits per heavy atom. The predicted molar refractivity (Wildman–Crippen MR) is 355 cm³/mol. The van der Waals surface area contributed by atoms with Crippen molar-refractivity contribution in [3.05, 3.63) is 217 Å². The van der Waals surface area contributed by atoms with Crippen molar-refractivity contribution in [2.45, 2.75) is 65.9 Å². The smallest absolute Gasteiger partial charge is 0.256 e. The molecule has 0 aliphatic carbocycles. The molecule has 90 heavy (non-hydrogen) atoms. The van der Waals surface area contributed by atoms with Gasteiger partial charge < -0.3 is 35.5 Å². The number of aromatic hydroxyl groups is 1. The van der Waals surface area contributed by atoms with Crippen LogP contribution in [0.15, 0.2) is 205 Å². The molecule has 0 saturated carbocycles. The maximum atomic E-state index is 12.0. The number of nitrogens with one attached hydrogen (secondary N) is 8. The van der Waals surface area contributed by atoms with Gasteiger partial charge in [-0.25, -0.2) is 0 Å². The van der Waals surface area contributed by atoms with Crippen molar-refractivity contribution >= 4 is 102 Å². The number of rotatable bonds is 17. The first-order chi connectivity index (χ1) is 43.9. The van der Waals surface area contributed by atoms with Crippen LogP contribution in [0.1, 0.15) is 75.2 Å². The highest BCUT2D eigenvalue weighted by Crippen LogP contribution is 2.32. The molecule has 0 atom stereocenters. The van der Waals surface area contributed by atoms with Crippen LogP contribution in [-0.2, 0) is 21.0 Å². The fraction of sp³-hybridized carbons (Fsp3) is 0.143. The van der Waals surface area contributed by atoms with Gasteiger partial charge in [0.2, 0.25) is 17.7 Å². The number of nitrogens with zero attached hydrogens (tertiary/aromatic N) is 4. The molecule has 0 aliphatic heterocycles. The lowest BCUT2D eigenvalue weighted by molar-refractivity contribution is -0.117. The van der Waals surface area contributed by atoms with Crippen molar-refractivity contribution in [3.63, 3.8) is 0 Å². The van der Waals surface area contributed by atoms with Gasteiger partial charge in [0.05, 0.1) is 34.6 Å². The lowest BCUT2D eigenvalue weighted by atomic mass is 10.0. The Morgan fingerprint density at radius 2 is 0.856 bits per heavy atom. The number of amides is 4. The predicted octanol–water partition coefficient (Wildman–Crippen LogP) is 16.3. The van der Waals surface area contributed by atoms with Crippen LogP contribution in [0.2, 0.25) is 5.02 Å². The van der Waals surface area contributed by atoms with Crippen LogP contribution in [0.4, 0.5) is 23.3 Å². The van der Waals surface area contributed by atoms with E-state index in [2.05, 4.69) is 62.1 Å². The molecule has 0 radical (unpaired) electrons. The number of carbonyl (C=O) groups excluding carboxylic acids is 4. The molecule has 0 bridgehead atoms. The molecule has 5 aromatic heterocycles. The number of ether oxygens (including phenoxy) is 1. The standard InChI is InChI=1S/C24H23N3O2.C17H17N3O2.C15H15N3O2.C14H10ClN3O/c1-2-6-23(28)25-24-21-14-11-19(15-22(21)26-27-24)18-9-12-20(13-10-18)29-16-17-7-4-3-5-8-17;1-2-3-16(22)18-17-14-9-6-12(10-15(14)19-20-17)11-4-7-13(21)8-5-11;1-2-3-14(19)16-15-12-5-4-10(8-13(12)17-18-15)11-6-7-20-9-11;15-10-6-7-11-12(8-10)17-18-13(11)16-14(19)9-4-2-1-3-5-9/h3-5,7-15H,2,6,16H2,1H3,(H2,25,26,27,28);4-10,21H,2-3H2,1H3,(H2,18,19,20,22);4-9H,2-3H2,1H3,(H2,16,17,18,19);1-8H,(H2,16,17,18,19). The van der Waals surface area contributed by atoms with E-state index in [4.69, 9.17) is 20.8 Å². The summed E-state index contributed by atoms with van der Waals surface area (Å²) < 4.78 is 10.9. The van der Waals surface area contributed by atoms with Crippen LogP contribution in [0, 0.1) is 0 Å². The number of H-pyrrole nitrogens is 4. The number of hydrogen-bond donors (Lipinski definition) is 9. The second-order valence-electron chi connectivity index (χ2n) is 20.8. The van der Waals surface area contributed by atoms with Gasteiger partial charge in [0.1, 0.15) is 18.1 Å². The topological polar surface area (TPSA) is 274 Å². The van der Waals surface area contributed by atoms with Crippen LogP contribution in [0.25, 0.3) is 77.0 Å². The van der Waals surface area contributed by atoms with Crippen molar-refractivity contribution in [1.82, 2.24) is 40.8 Å². The zero-order chi connectivity index (χ0) is 62.8. The first kappa shape index (κ1) is 61.8. The molecule has 4 amide bonds. The lowest BCUT2D eigenvalue weighted by Gasteiger charge is -2.08. The number of carbonyl (C=O) groups is 4. The van der Waals surface area contributed by atoms with Gasteiger partial charge in [-0.1, -0.05) is 123 Å². The Morgan fingerprint density at radius 1 is 0.456 bits per heavy atom. The molecule has 0 unspecified atom stereocenters. The maximum absolute atomic E-state index is 12.0. The molecule has 13 rings (SSSR count). The average Bonchev–Trinajstić information content (AvgIpc) is 1.78. The highest BCUT2D eigenvalue weighted by atomic mass is 35.5. The molecule has 0 spiro atoms. The number of halogens is 1. The zero-order valence-electron chi connectivity index (χ0n) is 49.6. The van der Waals surface area contributed by atoms with Gasteiger partial charge in [0.25, 0.3) is 5.91 Å². The first-order valence-corrected chi connectivity index (χ1v) is 29.7. The Kier molecular flexibility index (Phi) is 20.5. The van der Waals surface area contributed by atoms with Crippen LogP contribution in [-0.4, -0.2) is 69.5 Å². The van der Waals surface area contributed by atoms with E-state index in [0.717, 1.165) is 108 Å². The van der Waals surface area contributed by atoms with Gasteiger partial charge >= 0.3 is 0 Å². The molecule has 5 heterocycles. The van der Waals surface area contributed by atoms with Crippen molar-refractivity contribution in [1.29, 1.82) is 0 Å².